The first-order chi connectivity index (χ1) is 28.9. The number of piperidine rings is 3. The topological polar surface area (TPSA) is 178 Å². The van der Waals surface area contributed by atoms with Crippen molar-refractivity contribution in [3.63, 3.8) is 0 Å². The van der Waals surface area contributed by atoms with E-state index in [1.807, 2.05) is 24.3 Å². The fraction of sp³-hybridized carbons (Fsp3) is 0.578. The highest BCUT2D eigenvalue weighted by molar-refractivity contribution is 6.31. The van der Waals surface area contributed by atoms with Gasteiger partial charge in [0.15, 0.2) is 34.9 Å². The van der Waals surface area contributed by atoms with Gasteiger partial charge in [0.25, 0.3) is 11.8 Å². The predicted molar refractivity (Wildman–Crippen MR) is 250 cm³/mol. The molecular formula is C45H67Cl4N9O5. The molecule has 3 aromatic rings. The predicted octanol–water partition coefficient (Wildman–Crippen LogP) is 2.39. The number of aromatic nitrogens is 2. The van der Waals surface area contributed by atoms with E-state index < -0.39 is 5.91 Å². The molecule has 14 nitrogen and oxygen atoms in total. The molecule has 0 radical (unpaired) electrons. The molecule has 0 spiro atoms. The summed E-state index contributed by atoms with van der Waals surface area (Å²) in [4.78, 5) is 51.2. The van der Waals surface area contributed by atoms with Crippen molar-refractivity contribution in [3.8, 4) is 11.5 Å². The molecule has 3 aliphatic heterocycles. The highest BCUT2D eigenvalue weighted by Crippen LogP contribution is 2.25. The number of ether oxygens (including phenoxy) is 2. The van der Waals surface area contributed by atoms with Crippen LogP contribution in [0.15, 0.2) is 48.5 Å². The molecule has 6 N–H and O–H groups in total. The molecular weight excluding hydrogens is 888 g/mol. The van der Waals surface area contributed by atoms with Crippen LogP contribution in [-0.4, -0.2) is 134 Å². The molecule has 18 heteroatoms. The number of benzene rings is 2. The zero-order valence-corrected chi connectivity index (χ0v) is 39.8. The summed E-state index contributed by atoms with van der Waals surface area (Å²) in [6, 6.07) is 16.3. The zero-order valence-electron chi connectivity index (χ0n) is 36.7. The van der Waals surface area contributed by atoms with E-state index >= 15 is 0 Å². The molecule has 6 rings (SSSR count). The Bertz CT molecular complexity index is 1790. The monoisotopic (exact) mass is 953 g/mol. The van der Waals surface area contributed by atoms with Gasteiger partial charge in [-0.3, -0.25) is 14.4 Å². The summed E-state index contributed by atoms with van der Waals surface area (Å²) in [5, 5.41) is 6.23. The lowest BCUT2D eigenvalue weighted by Crippen LogP contribution is -3.00. The van der Waals surface area contributed by atoms with Crippen molar-refractivity contribution in [1.29, 1.82) is 0 Å². The van der Waals surface area contributed by atoms with Crippen LogP contribution in [0.4, 0.5) is 11.6 Å². The zero-order chi connectivity index (χ0) is 42.5. The number of aryl methyl sites for hydroxylation is 2. The van der Waals surface area contributed by atoms with Gasteiger partial charge in [0.05, 0.1) is 32.2 Å². The summed E-state index contributed by atoms with van der Waals surface area (Å²) in [7, 11) is 4.24. The summed E-state index contributed by atoms with van der Waals surface area (Å²) < 4.78 is 12.6. The maximum atomic E-state index is 13.4. The van der Waals surface area contributed by atoms with E-state index in [4.69, 9.17) is 32.5 Å². The average Bonchev–Trinajstić information content (AvgIpc) is 3.23. The number of nitrogens with zero attached hydrogens (tertiary/aromatic N) is 5. The third-order valence-electron chi connectivity index (χ3n) is 12.5. The molecule has 1 aromatic heterocycles. The second-order valence-electron chi connectivity index (χ2n) is 17.3. The minimum atomic E-state index is -0.403. The first kappa shape index (κ1) is 53.7. The highest BCUT2D eigenvalue weighted by Gasteiger charge is 2.36. The number of Topliss-reactive ketones (excluding diaryl/α,β-unsaturated/α-hetero) is 1. The summed E-state index contributed by atoms with van der Waals surface area (Å²) in [6.07, 6.45) is 10.2. The summed E-state index contributed by atoms with van der Waals surface area (Å²) in [5.74, 6) is 1.47. The number of nitrogen functional groups attached to an aromatic ring is 2. The summed E-state index contributed by atoms with van der Waals surface area (Å²) >= 11 is 6.10. The smallest absolute Gasteiger partial charge is 0.274 e. The van der Waals surface area contributed by atoms with Crippen molar-refractivity contribution in [2.24, 2.45) is 5.92 Å². The third-order valence-corrected chi connectivity index (χ3v) is 12.8. The molecule has 2 atom stereocenters. The first-order valence-corrected chi connectivity index (χ1v) is 22.2. The van der Waals surface area contributed by atoms with Gasteiger partial charge in [-0.2, -0.15) is 0 Å². The number of ketones is 1. The van der Waals surface area contributed by atoms with E-state index in [0.29, 0.717) is 18.1 Å². The summed E-state index contributed by atoms with van der Waals surface area (Å²) in [5.41, 5.74) is 14.2. The number of hydrogen-bond acceptors (Lipinski definition) is 11. The lowest BCUT2D eigenvalue weighted by atomic mass is 9.92. The van der Waals surface area contributed by atoms with Crippen LogP contribution in [0.3, 0.4) is 0 Å². The van der Waals surface area contributed by atoms with Crippen LogP contribution in [-0.2, 0) is 22.4 Å². The van der Waals surface area contributed by atoms with Gasteiger partial charge in [-0.25, -0.2) is 9.97 Å². The van der Waals surface area contributed by atoms with Crippen LogP contribution in [0.5, 0.6) is 11.5 Å². The minimum absolute atomic E-state index is 0. The Balaban J connectivity index is 0.00000352. The Morgan fingerprint density at radius 2 is 1.29 bits per heavy atom. The molecule has 4 heterocycles. The van der Waals surface area contributed by atoms with Crippen LogP contribution >= 0.6 is 36.4 Å². The number of carbonyl (C=O) groups excluding carboxylic acids is 3. The SMILES string of the molecule is CN1CCC(CC(=O)COc2ccc(CCC[N+]3(CCCc4ccc(OCC(=O)NC5CCN(C)CC5)cc4)CCC[C@H](NC(=O)c4nc(Cl)c(N)nc4N)C3)cc2)CC1.Cl.Cl.[Cl-]. The Morgan fingerprint density at radius 1 is 0.746 bits per heavy atom. The number of amides is 2. The largest absolute Gasteiger partial charge is 1.00 e. The van der Waals surface area contributed by atoms with Gasteiger partial charge in [0, 0.05) is 25.3 Å². The Kier molecular flexibility index (Phi) is 22.5. The molecule has 0 aliphatic carbocycles. The molecule has 0 saturated carbocycles. The summed E-state index contributed by atoms with van der Waals surface area (Å²) in [6.45, 7) is 7.92. The van der Waals surface area contributed by atoms with E-state index in [0.717, 1.165) is 127 Å². The van der Waals surface area contributed by atoms with Crippen LogP contribution in [0.25, 0.3) is 0 Å². The van der Waals surface area contributed by atoms with E-state index in [-0.39, 0.29) is 96.7 Å². The maximum Gasteiger partial charge on any atom is 0.274 e. The number of likely N-dealkylation sites (tertiary alicyclic amines) is 3. The van der Waals surface area contributed by atoms with Gasteiger partial charge in [0.1, 0.15) is 18.1 Å². The van der Waals surface area contributed by atoms with E-state index in [1.165, 1.54) is 11.1 Å². The van der Waals surface area contributed by atoms with Gasteiger partial charge < -0.3 is 58.3 Å². The molecule has 3 aliphatic rings. The number of quaternary nitrogens is 1. The fourth-order valence-electron chi connectivity index (χ4n) is 8.95. The minimum Gasteiger partial charge on any atom is -1.00 e. The van der Waals surface area contributed by atoms with Crippen molar-refractivity contribution in [3.05, 3.63) is 70.5 Å². The van der Waals surface area contributed by atoms with E-state index in [1.54, 1.807) is 0 Å². The number of carbonyl (C=O) groups is 3. The van der Waals surface area contributed by atoms with Gasteiger partial charge in [0.2, 0.25) is 0 Å². The van der Waals surface area contributed by atoms with Crippen LogP contribution < -0.4 is 44.0 Å². The van der Waals surface area contributed by atoms with Gasteiger partial charge in [-0.1, -0.05) is 35.9 Å². The third kappa shape index (κ3) is 17.0. The molecule has 3 saturated heterocycles. The van der Waals surface area contributed by atoms with Crippen LogP contribution in [0.1, 0.15) is 79.4 Å². The number of nitrogens with one attached hydrogen (secondary N) is 2. The lowest BCUT2D eigenvalue weighted by molar-refractivity contribution is -0.933. The average molecular weight is 956 g/mol. The van der Waals surface area contributed by atoms with Crippen molar-refractivity contribution < 1.29 is 40.7 Å². The van der Waals surface area contributed by atoms with Crippen LogP contribution in [0.2, 0.25) is 5.15 Å². The Morgan fingerprint density at radius 3 is 1.86 bits per heavy atom. The van der Waals surface area contributed by atoms with Crippen LogP contribution in [0, 0.1) is 5.92 Å². The quantitative estimate of drug-likeness (QED) is 0.130. The maximum absolute atomic E-state index is 13.4. The second kappa shape index (κ2) is 26.4. The number of halogens is 4. The van der Waals surface area contributed by atoms with E-state index in [9.17, 15) is 14.4 Å². The first-order valence-electron chi connectivity index (χ1n) is 21.8. The Hall–Kier alpha value is -3.63. The number of anilines is 2. The lowest BCUT2D eigenvalue weighted by Gasteiger charge is -2.45. The molecule has 1 unspecified atom stereocenters. The Labute approximate surface area is 396 Å². The molecule has 0 bridgehead atoms. The second-order valence-corrected chi connectivity index (χ2v) is 17.7. The van der Waals surface area contributed by atoms with Gasteiger partial charge in [-0.15, -0.1) is 24.8 Å². The van der Waals surface area contributed by atoms with Crippen molar-refractivity contribution in [2.75, 3.05) is 91.1 Å². The van der Waals surface area contributed by atoms with Gasteiger partial charge in [-0.05, 0) is 133 Å². The molecule has 350 valence electrons. The normalized spacial score (nSPS) is 19.7. The standard InChI is InChI=1S/C45H64ClN9O5.3ClH/c1-53-21-17-34(18-22-53)28-37(56)30-59-38-13-9-32(10-14-38)6-3-25-55(27-5-8-36(29-55)50-45(58)41-43(47)52-44(48)42(46)51-41)26-4-7-33-11-15-39(16-12-33)60-31-40(57)49-35-19-23-54(2)24-20-35;;;/h9-16,34-36H,3-8,17-31H2,1-2H3,(H5-,47,48,49,50,52,57,58);3*1H/t36-,55?;;;/m0.../s1. The van der Waals surface area contributed by atoms with Crippen molar-refractivity contribution >= 4 is 65.6 Å². The number of nitrogens with two attached hydrogens (primary N) is 2. The molecule has 3 fully saturated rings. The van der Waals surface area contributed by atoms with Crippen molar-refractivity contribution in [1.82, 2.24) is 30.4 Å². The van der Waals surface area contributed by atoms with E-state index in [2.05, 4.69) is 68.8 Å². The van der Waals surface area contributed by atoms with Crippen molar-refractivity contribution in [2.45, 2.75) is 82.7 Å². The number of hydrogen-bond donors (Lipinski definition) is 4. The number of rotatable bonds is 19. The van der Waals surface area contributed by atoms with Gasteiger partial charge >= 0.3 is 0 Å². The molecule has 63 heavy (non-hydrogen) atoms. The highest BCUT2D eigenvalue weighted by atomic mass is 35.5. The molecule has 2 aromatic carbocycles. The molecule has 2 amide bonds. The fourth-order valence-corrected chi connectivity index (χ4v) is 9.07.